The van der Waals surface area contributed by atoms with Gasteiger partial charge in [0.25, 0.3) is 5.91 Å². The molecule has 0 fully saturated rings. The van der Waals surface area contributed by atoms with Crippen molar-refractivity contribution in [1.82, 2.24) is 0 Å². The predicted molar refractivity (Wildman–Crippen MR) is 83.2 cm³/mol. The minimum absolute atomic E-state index is 0.0965. The van der Waals surface area contributed by atoms with Crippen LogP contribution in [0.15, 0.2) is 40.9 Å². The van der Waals surface area contributed by atoms with Crippen LogP contribution in [0.1, 0.15) is 11.1 Å². The second-order valence-electron chi connectivity index (χ2n) is 4.78. The average Bonchev–Trinajstić information content (AvgIpc) is 3.04. The van der Waals surface area contributed by atoms with Crippen LogP contribution in [0.5, 0.6) is 11.5 Å². The van der Waals surface area contributed by atoms with E-state index in [9.17, 15) is 4.79 Å². The van der Waals surface area contributed by atoms with Crippen molar-refractivity contribution in [3.63, 3.8) is 0 Å². The molecular weight excluding hydrogens is 334 g/mol. The van der Waals surface area contributed by atoms with E-state index in [0.29, 0.717) is 17.1 Å². The highest BCUT2D eigenvalue weighted by Gasteiger charge is 2.24. The number of anilines is 1. The highest BCUT2D eigenvalue weighted by Crippen LogP contribution is 2.39. The second kappa shape index (κ2) is 4.63. The third-order valence-electron chi connectivity index (χ3n) is 3.50. The molecule has 1 N–H and O–H groups in total. The monoisotopic (exact) mass is 343 g/mol. The van der Waals surface area contributed by atoms with Crippen molar-refractivity contribution in [2.24, 2.45) is 0 Å². The summed E-state index contributed by atoms with van der Waals surface area (Å²) in [5.74, 6) is 1.30. The molecule has 0 saturated carbocycles. The molecule has 4 nitrogen and oxygen atoms in total. The summed E-state index contributed by atoms with van der Waals surface area (Å²) in [6, 6.07) is 11.4. The number of rotatable bonds is 1. The van der Waals surface area contributed by atoms with Gasteiger partial charge in [-0.2, -0.15) is 0 Å². The number of nitrogens with one attached hydrogen (secondary N) is 1. The number of hydrogen-bond acceptors (Lipinski definition) is 3. The second-order valence-corrected chi connectivity index (χ2v) is 5.64. The van der Waals surface area contributed by atoms with Crippen molar-refractivity contribution in [3.8, 4) is 11.5 Å². The highest BCUT2D eigenvalue weighted by atomic mass is 79.9. The standard InChI is InChI=1S/C16H10BrNO3/c17-12-7-15-14(20-8-21-15)6-9(12)5-11-10-3-1-2-4-13(10)18-16(11)19/h1-7H,8H2,(H,18,19). The van der Waals surface area contributed by atoms with Crippen molar-refractivity contribution in [3.05, 3.63) is 52.0 Å². The molecule has 104 valence electrons. The van der Waals surface area contributed by atoms with Crippen molar-refractivity contribution in [2.45, 2.75) is 0 Å². The van der Waals surface area contributed by atoms with Crippen LogP contribution in [0.4, 0.5) is 5.69 Å². The molecule has 2 aromatic rings. The third-order valence-corrected chi connectivity index (χ3v) is 4.19. The van der Waals surface area contributed by atoms with Gasteiger partial charge in [-0.15, -0.1) is 0 Å². The summed E-state index contributed by atoms with van der Waals surface area (Å²) in [4.78, 5) is 12.1. The maximum absolute atomic E-state index is 12.1. The van der Waals surface area contributed by atoms with Gasteiger partial charge in [0.2, 0.25) is 6.79 Å². The summed E-state index contributed by atoms with van der Waals surface area (Å²) in [5.41, 5.74) is 3.27. The van der Waals surface area contributed by atoms with E-state index in [4.69, 9.17) is 9.47 Å². The third kappa shape index (κ3) is 2.01. The fraction of sp³-hybridized carbons (Fsp3) is 0.0625. The van der Waals surface area contributed by atoms with Crippen LogP contribution in [0.2, 0.25) is 0 Å². The molecule has 0 radical (unpaired) electrons. The first-order chi connectivity index (χ1) is 10.2. The van der Waals surface area contributed by atoms with E-state index >= 15 is 0 Å². The van der Waals surface area contributed by atoms with Crippen LogP contribution in [0, 0.1) is 0 Å². The smallest absolute Gasteiger partial charge is 0.256 e. The molecule has 0 atom stereocenters. The Hall–Kier alpha value is -2.27. The van der Waals surface area contributed by atoms with E-state index < -0.39 is 0 Å². The Bertz CT molecular complexity index is 798. The lowest BCUT2D eigenvalue weighted by atomic mass is 10.0. The van der Waals surface area contributed by atoms with E-state index in [2.05, 4.69) is 21.2 Å². The zero-order valence-corrected chi connectivity index (χ0v) is 12.4. The molecule has 0 aliphatic carbocycles. The molecule has 2 heterocycles. The lowest BCUT2D eigenvalue weighted by molar-refractivity contribution is -0.110. The molecule has 0 bridgehead atoms. The van der Waals surface area contributed by atoms with Gasteiger partial charge < -0.3 is 14.8 Å². The normalized spacial score (nSPS) is 17.0. The van der Waals surface area contributed by atoms with Crippen LogP contribution >= 0.6 is 15.9 Å². The van der Waals surface area contributed by atoms with Gasteiger partial charge in [0.05, 0.1) is 0 Å². The van der Waals surface area contributed by atoms with Crippen LogP contribution < -0.4 is 14.8 Å². The molecule has 0 unspecified atom stereocenters. The zero-order valence-electron chi connectivity index (χ0n) is 10.9. The largest absolute Gasteiger partial charge is 0.454 e. The quantitative estimate of drug-likeness (QED) is 0.803. The van der Waals surface area contributed by atoms with Crippen LogP contribution in [0.25, 0.3) is 11.6 Å². The number of amides is 1. The van der Waals surface area contributed by atoms with E-state index in [1.807, 2.05) is 42.5 Å². The maximum atomic E-state index is 12.1. The minimum atomic E-state index is -0.0965. The molecule has 21 heavy (non-hydrogen) atoms. The Morgan fingerprint density at radius 3 is 2.76 bits per heavy atom. The van der Waals surface area contributed by atoms with Crippen molar-refractivity contribution < 1.29 is 14.3 Å². The van der Waals surface area contributed by atoms with E-state index in [-0.39, 0.29) is 12.7 Å². The molecule has 2 aliphatic heterocycles. The number of hydrogen-bond donors (Lipinski definition) is 1. The Labute approximate surface area is 129 Å². The first kappa shape index (κ1) is 12.5. The van der Waals surface area contributed by atoms with Crippen LogP contribution in [-0.2, 0) is 4.79 Å². The number of fused-ring (bicyclic) bond motifs is 2. The van der Waals surface area contributed by atoms with Crippen LogP contribution in [0.3, 0.4) is 0 Å². The van der Waals surface area contributed by atoms with Crippen molar-refractivity contribution in [2.75, 3.05) is 12.1 Å². The van der Waals surface area contributed by atoms with Crippen LogP contribution in [-0.4, -0.2) is 12.7 Å². The van der Waals surface area contributed by atoms with Gasteiger partial charge in [0.1, 0.15) is 0 Å². The summed E-state index contributed by atoms with van der Waals surface area (Å²) < 4.78 is 11.6. The fourth-order valence-electron chi connectivity index (χ4n) is 2.48. The van der Waals surface area contributed by atoms with Gasteiger partial charge >= 0.3 is 0 Å². The number of halogens is 1. The Morgan fingerprint density at radius 1 is 1.14 bits per heavy atom. The molecule has 2 aromatic carbocycles. The van der Waals surface area contributed by atoms with Gasteiger partial charge in [-0.3, -0.25) is 4.79 Å². The lowest BCUT2D eigenvalue weighted by Crippen LogP contribution is -2.03. The fourth-order valence-corrected chi connectivity index (χ4v) is 2.92. The molecule has 0 spiro atoms. The molecule has 1 amide bonds. The average molecular weight is 344 g/mol. The molecule has 0 aromatic heterocycles. The van der Waals surface area contributed by atoms with Gasteiger partial charge in [-0.05, 0) is 29.8 Å². The summed E-state index contributed by atoms with van der Waals surface area (Å²) in [5, 5.41) is 2.86. The van der Waals surface area contributed by atoms with Gasteiger partial charge in [-0.1, -0.05) is 34.1 Å². The number of ether oxygens (including phenoxy) is 2. The Morgan fingerprint density at radius 2 is 1.90 bits per heavy atom. The van der Waals surface area contributed by atoms with E-state index in [1.165, 1.54) is 0 Å². The molecule has 5 heteroatoms. The SMILES string of the molecule is O=C1Nc2ccccc2C1=Cc1cc2c(cc1Br)OCO2. The van der Waals surface area contributed by atoms with Gasteiger partial charge in [0, 0.05) is 21.3 Å². The number of para-hydroxylation sites is 1. The van der Waals surface area contributed by atoms with Crippen molar-refractivity contribution in [1.29, 1.82) is 0 Å². The molecule has 4 rings (SSSR count). The lowest BCUT2D eigenvalue weighted by Gasteiger charge is -2.03. The summed E-state index contributed by atoms with van der Waals surface area (Å²) in [6.45, 7) is 0.227. The molecule has 0 saturated heterocycles. The predicted octanol–water partition coefficient (Wildman–Crippen LogP) is 3.67. The summed E-state index contributed by atoms with van der Waals surface area (Å²) >= 11 is 3.51. The van der Waals surface area contributed by atoms with Gasteiger partial charge in [0.15, 0.2) is 11.5 Å². The van der Waals surface area contributed by atoms with E-state index in [0.717, 1.165) is 21.3 Å². The Kier molecular flexibility index (Phi) is 2.75. The number of benzene rings is 2. The van der Waals surface area contributed by atoms with E-state index in [1.54, 1.807) is 0 Å². The molecular formula is C16H10BrNO3. The maximum Gasteiger partial charge on any atom is 0.256 e. The number of carbonyl (C=O) groups excluding carboxylic acids is 1. The van der Waals surface area contributed by atoms with Crippen molar-refractivity contribution >= 4 is 39.2 Å². The van der Waals surface area contributed by atoms with Gasteiger partial charge in [-0.25, -0.2) is 0 Å². The zero-order chi connectivity index (χ0) is 14.4. The minimum Gasteiger partial charge on any atom is -0.454 e. The summed E-state index contributed by atoms with van der Waals surface area (Å²) in [6.07, 6.45) is 1.85. The first-order valence-corrected chi connectivity index (χ1v) is 7.23. The highest BCUT2D eigenvalue weighted by molar-refractivity contribution is 9.10. The Balaban J connectivity index is 1.84. The number of carbonyl (C=O) groups is 1. The summed E-state index contributed by atoms with van der Waals surface area (Å²) in [7, 11) is 0. The molecule has 2 aliphatic rings. The first-order valence-electron chi connectivity index (χ1n) is 6.44. The topological polar surface area (TPSA) is 47.6 Å².